The summed E-state index contributed by atoms with van der Waals surface area (Å²) in [7, 11) is -3.94. The lowest BCUT2D eigenvalue weighted by atomic mass is 9.95. The van der Waals surface area contributed by atoms with Crippen molar-refractivity contribution in [1.29, 1.82) is 0 Å². The minimum absolute atomic E-state index is 0.000449. The van der Waals surface area contributed by atoms with E-state index in [2.05, 4.69) is 22.5 Å². The number of sulfone groups is 1. The first-order valence-corrected chi connectivity index (χ1v) is 9.51. The number of aliphatic hydroxyl groups is 1. The molecule has 0 aliphatic rings. The summed E-state index contributed by atoms with van der Waals surface area (Å²) in [5.74, 6) is 0. The SMILES string of the molecule is C=CCC(CO)(c1ccc(Br)cc1)S(=O)(=O)c1ccccc1Cl. The van der Waals surface area contributed by atoms with E-state index in [1.807, 2.05) is 0 Å². The van der Waals surface area contributed by atoms with Gasteiger partial charge in [0, 0.05) is 4.47 Å². The van der Waals surface area contributed by atoms with E-state index in [1.165, 1.54) is 18.2 Å². The summed E-state index contributed by atoms with van der Waals surface area (Å²) >= 11 is 9.42. The zero-order valence-corrected chi connectivity index (χ0v) is 15.4. The second-order valence-corrected chi connectivity index (χ2v) is 8.64. The fraction of sp³-hybridized carbons (Fsp3) is 0.176. The highest BCUT2D eigenvalue weighted by atomic mass is 79.9. The van der Waals surface area contributed by atoms with Gasteiger partial charge < -0.3 is 5.11 Å². The first-order chi connectivity index (χ1) is 10.9. The molecule has 0 amide bonds. The van der Waals surface area contributed by atoms with E-state index in [0.29, 0.717) is 5.56 Å². The van der Waals surface area contributed by atoms with E-state index in [9.17, 15) is 13.5 Å². The molecular weight excluding hydrogens is 400 g/mol. The van der Waals surface area contributed by atoms with E-state index in [-0.39, 0.29) is 16.3 Å². The minimum Gasteiger partial charge on any atom is -0.394 e. The lowest BCUT2D eigenvalue weighted by molar-refractivity contribution is 0.241. The van der Waals surface area contributed by atoms with Crippen molar-refractivity contribution in [2.75, 3.05) is 6.61 Å². The summed E-state index contributed by atoms with van der Waals surface area (Å²) in [6.07, 6.45) is 1.56. The first kappa shape index (κ1) is 18.2. The average Bonchev–Trinajstić information content (AvgIpc) is 2.53. The maximum Gasteiger partial charge on any atom is 0.192 e. The van der Waals surface area contributed by atoms with Gasteiger partial charge in [0.05, 0.1) is 16.5 Å². The third-order valence-electron chi connectivity index (χ3n) is 3.74. The standard InChI is InChI=1S/C17H16BrClO3S/c1-2-11-17(12-20,13-7-9-14(18)10-8-13)23(21,22)16-6-4-3-5-15(16)19/h2-10,20H,1,11-12H2. The number of rotatable bonds is 6. The predicted molar refractivity (Wildman–Crippen MR) is 96.4 cm³/mol. The number of hydrogen-bond acceptors (Lipinski definition) is 3. The molecule has 0 heterocycles. The Labute approximate surface area is 149 Å². The number of benzene rings is 2. The Balaban J connectivity index is 2.74. The minimum atomic E-state index is -3.94. The van der Waals surface area contributed by atoms with E-state index in [1.54, 1.807) is 36.4 Å². The fourth-order valence-corrected chi connectivity index (χ4v) is 5.15. The normalized spacial score (nSPS) is 14.2. The van der Waals surface area contributed by atoms with Crippen molar-refractivity contribution >= 4 is 37.4 Å². The van der Waals surface area contributed by atoms with Gasteiger partial charge in [-0.2, -0.15) is 0 Å². The Morgan fingerprint density at radius 1 is 1.17 bits per heavy atom. The lowest BCUT2D eigenvalue weighted by Crippen LogP contribution is -2.39. The van der Waals surface area contributed by atoms with Gasteiger partial charge in [-0.15, -0.1) is 6.58 Å². The number of halogens is 2. The third kappa shape index (κ3) is 3.24. The largest absolute Gasteiger partial charge is 0.394 e. The number of allylic oxidation sites excluding steroid dienone is 1. The average molecular weight is 416 g/mol. The number of hydrogen-bond donors (Lipinski definition) is 1. The molecule has 0 aromatic heterocycles. The van der Waals surface area contributed by atoms with Crippen LogP contribution >= 0.6 is 27.5 Å². The topological polar surface area (TPSA) is 54.4 Å². The van der Waals surface area contributed by atoms with Gasteiger partial charge in [0.2, 0.25) is 0 Å². The van der Waals surface area contributed by atoms with Crippen LogP contribution < -0.4 is 0 Å². The number of aliphatic hydroxyl groups excluding tert-OH is 1. The zero-order valence-electron chi connectivity index (χ0n) is 12.2. The van der Waals surface area contributed by atoms with Crippen LogP contribution in [0.5, 0.6) is 0 Å². The van der Waals surface area contributed by atoms with E-state index in [0.717, 1.165) is 4.47 Å². The molecule has 122 valence electrons. The van der Waals surface area contributed by atoms with Crippen LogP contribution in [0.4, 0.5) is 0 Å². The van der Waals surface area contributed by atoms with Crippen molar-refractivity contribution in [3.63, 3.8) is 0 Å². The molecule has 0 aliphatic heterocycles. The molecule has 2 aromatic carbocycles. The van der Waals surface area contributed by atoms with Crippen molar-refractivity contribution in [3.8, 4) is 0 Å². The van der Waals surface area contributed by atoms with Crippen LogP contribution in [0, 0.1) is 0 Å². The summed E-state index contributed by atoms with van der Waals surface area (Å²) in [6, 6.07) is 13.1. The Morgan fingerprint density at radius 3 is 2.30 bits per heavy atom. The lowest BCUT2D eigenvalue weighted by Gasteiger charge is -2.31. The maximum absolute atomic E-state index is 13.3. The molecular formula is C17H16BrClO3S. The van der Waals surface area contributed by atoms with Crippen molar-refractivity contribution in [2.45, 2.75) is 16.1 Å². The van der Waals surface area contributed by atoms with Gasteiger partial charge in [-0.1, -0.05) is 57.9 Å². The second-order valence-electron chi connectivity index (χ2n) is 5.09. The van der Waals surface area contributed by atoms with Gasteiger partial charge >= 0.3 is 0 Å². The molecule has 0 saturated heterocycles. The fourth-order valence-electron chi connectivity index (χ4n) is 2.48. The molecule has 6 heteroatoms. The maximum atomic E-state index is 13.3. The van der Waals surface area contributed by atoms with Crippen LogP contribution in [-0.2, 0) is 14.6 Å². The molecule has 0 aliphatic carbocycles. The molecule has 0 radical (unpaired) electrons. The first-order valence-electron chi connectivity index (χ1n) is 6.86. The van der Waals surface area contributed by atoms with Gasteiger partial charge in [0.15, 0.2) is 9.84 Å². The van der Waals surface area contributed by atoms with Gasteiger partial charge in [-0.3, -0.25) is 0 Å². The van der Waals surface area contributed by atoms with Crippen LogP contribution in [0.1, 0.15) is 12.0 Å². The van der Waals surface area contributed by atoms with Crippen LogP contribution in [-0.4, -0.2) is 20.1 Å². The molecule has 1 N–H and O–H groups in total. The summed E-state index contributed by atoms with van der Waals surface area (Å²) in [5, 5.41) is 10.2. The molecule has 3 nitrogen and oxygen atoms in total. The van der Waals surface area contributed by atoms with Gasteiger partial charge in [0.1, 0.15) is 4.75 Å². The monoisotopic (exact) mass is 414 g/mol. The molecule has 0 spiro atoms. The van der Waals surface area contributed by atoms with Crippen LogP contribution in [0.25, 0.3) is 0 Å². The van der Waals surface area contributed by atoms with E-state index < -0.39 is 21.2 Å². The van der Waals surface area contributed by atoms with Crippen molar-refractivity contribution in [1.82, 2.24) is 0 Å². The smallest absolute Gasteiger partial charge is 0.192 e. The molecule has 1 unspecified atom stereocenters. The molecule has 0 saturated carbocycles. The van der Waals surface area contributed by atoms with Crippen LogP contribution in [0.15, 0.2) is 70.6 Å². The van der Waals surface area contributed by atoms with Gasteiger partial charge in [-0.05, 0) is 36.2 Å². The predicted octanol–water partition coefficient (Wildman–Crippen LogP) is 4.34. The molecule has 1 atom stereocenters. The zero-order chi connectivity index (χ0) is 17.1. The Morgan fingerprint density at radius 2 is 1.78 bits per heavy atom. The summed E-state index contributed by atoms with van der Waals surface area (Å²) in [6.45, 7) is 3.07. The van der Waals surface area contributed by atoms with Crippen LogP contribution in [0.2, 0.25) is 5.02 Å². The Bertz CT molecular complexity index is 803. The van der Waals surface area contributed by atoms with E-state index in [4.69, 9.17) is 11.6 Å². The molecule has 0 fully saturated rings. The van der Waals surface area contributed by atoms with Crippen LogP contribution in [0.3, 0.4) is 0 Å². The third-order valence-corrected chi connectivity index (χ3v) is 7.21. The molecule has 2 aromatic rings. The Hall–Kier alpha value is -1.14. The van der Waals surface area contributed by atoms with Gasteiger partial charge in [-0.25, -0.2) is 8.42 Å². The van der Waals surface area contributed by atoms with Crippen molar-refractivity contribution in [3.05, 3.63) is 76.2 Å². The Kier molecular flexibility index (Phi) is 5.68. The molecule has 2 rings (SSSR count). The van der Waals surface area contributed by atoms with Gasteiger partial charge in [0.25, 0.3) is 0 Å². The van der Waals surface area contributed by atoms with E-state index >= 15 is 0 Å². The summed E-state index contributed by atoms with van der Waals surface area (Å²) < 4.78 is 25.8. The summed E-state index contributed by atoms with van der Waals surface area (Å²) in [5.41, 5.74) is 0.489. The molecule has 0 bridgehead atoms. The molecule has 23 heavy (non-hydrogen) atoms. The summed E-state index contributed by atoms with van der Waals surface area (Å²) in [4.78, 5) is 0.000449. The highest BCUT2D eigenvalue weighted by Gasteiger charge is 2.45. The highest BCUT2D eigenvalue weighted by molar-refractivity contribution is 9.10. The highest BCUT2D eigenvalue weighted by Crippen LogP contribution is 2.41. The second kappa shape index (κ2) is 7.18. The van der Waals surface area contributed by atoms with Crippen molar-refractivity contribution < 1.29 is 13.5 Å². The quantitative estimate of drug-likeness (QED) is 0.714. The van der Waals surface area contributed by atoms with Crippen molar-refractivity contribution in [2.24, 2.45) is 0 Å².